The lowest BCUT2D eigenvalue weighted by Gasteiger charge is -2.32. The molecule has 0 spiro atoms. The van der Waals surface area contributed by atoms with Crippen molar-refractivity contribution >= 4 is 5.91 Å². The molecule has 5 heteroatoms. The molecule has 2 aromatic rings. The highest BCUT2D eigenvalue weighted by molar-refractivity contribution is 5.76. The molecule has 1 saturated heterocycles. The molecule has 150 valence electrons. The first-order valence-corrected chi connectivity index (χ1v) is 9.97. The van der Waals surface area contributed by atoms with Crippen molar-refractivity contribution in [3.05, 3.63) is 54.6 Å². The first kappa shape index (κ1) is 20.1. The van der Waals surface area contributed by atoms with Crippen LogP contribution >= 0.6 is 0 Å². The summed E-state index contributed by atoms with van der Waals surface area (Å²) in [6, 6.07) is 17.3. The second-order valence-corrected chi connectivity index (χ2v) is 7.10. The van der Waals surface area contributed by atoms with Gasteiger partial charge in [-0.15, -0.1) is 0 Å². The molecule has 5 nitrogen and oxygen atoms in total. The number of hydrogen-bond acceptors (Lipinski definition) is 4. The summed E-state index contributed by atoms with van der Waals surface area (Å²) in [5.74, 6) is 3.10. The Bertz CT molecular complexity index is 717. The fourth-order valence-corrected chi connectivity index (χ4v) is 3.40. The maximum atomic E-state index is 12.5. The highest BCUT2D eigenvalue weighted by atomic mass is 16.5. The summed E-state index contributed by atoms with van der Waals surface area (Å²) in [6.07, 6.45) is 3.38. The Kier molecular flexibility index (Phi) is 7.59. The predicted octanol–water partition coefficient (Wildman–Crippen LogP) is 4.17. The summed E-state index contributed by atoms with van der Waals surface area (Å²) in [4.78, 5) is 14.5. The Hall–Kier alpha value is -2.69. The van der Waals surface area contributed by atoms with Gasteiger partial charge in [-0.05, 0) is 55.7 Å². The van der Waals surface area contributed by atoms with Crippen LogP contribution in [0, 0.1) is 5.92 Å². The van der Waals surface area contributed by atoms with Crippen molar-refractivity contribution in [3.8, 4) is 17.2 Å². The average Bonchev–Trinajstić information content (AvgIpc) is 2.76. The normalized spacial score (nSPS) is 16.5. The van der Waals surface area contributed by atoms with E-state index in [0.717, 1.165) is 43.2 Å². The van der Waals surface area contributed by atoms with Crippen molar-refractivity contribution in [2.75, 3.05) is 33.4 Å². The Labute approximate surface area is 167 Å². The second kappa shape index (κ2) is 10.6. The summed E-state index contributed by atoms with van der Waals surface area (Å²) in [5.41, 5.74) is 0. The van der Waals surface area contributed by atoms with Crippen molar-refractivity contribution < 1.29 is 19.0 Å². The molecule has 1 amide bonds. The maximum absolute atomic E-state index is 12.5. The third kappa shape index (κ3) is 6.19. The number of methoxy groups -OCH3 is 1. The van der Waals surface area contributed by atoms with E-state index >= 15 is 0 Å². The van der Waals surface area contributed by atoms with E-state index in [9.17, 15) is 4.79 Å². The number of para-hydroxylation sites is 1. The van der Waals surface area contributed by atoms with Crippen molar-refractivity contribution in [1.29, 1.82) is 0 Å². The molecule has 0 saturated carbocycles. The molecule has 0 aliphatic carbocycles. The molecule has 1 aliphatic heterocycles. The highest BCUT2D eigenvalue weighted by Crippen LogP contribution is 2.20. The van der Waals surface area contributed by atoms with Crippen LogP contribution in [0.1, 0.15) is 25.7 Å². The third-order valence-corrected chi connectivity index (χ3v) is 4.96. The molecule has 1 unspecified atom stereocenters. The monoisotopic (exact) mass is 383 g/mol. The largest absolute Gasteiger partial charge is 0.497 e. The van der Waals surface area contributed by atoms with Gasteiger partial charge >= 0.3 is 0 Å². The highest BCUT2D eigenvalue weighted by Gasteiger charge is 2.23. The molecule has 0 bridgehead atoms. The molecule has 28 heavy (non-hydrogen) atoms. The summed E-state index contributed by atoms with van der Waals surface area (Å²) >= 11 is 0. The molecule has 1 atom stereocenters. The minimum absolute atomic E-state index is 0.211. The van der Waals surface area contributed by atoms with Gasteiger partial charge in [0.1, 0.15) is 17.2 Å². The summed E-state index contributed by atoms with van der Waals surface area (Å²) in [7, 11) is 1.64. The number of hydrogen-bond donors (Lipinski definition) is 0. The zero-order chi connectivity index (χ0) is 19.6. The lowest BCUT2D eigenvalue weighted by atomic mass is 9.98. The minimum Gasteiger partial charge on any atom is -0.497 e. The van der Waals surface area contributed by atoms with E-state index in [0.29, 0.717) is 32.0 Å². The zero-order valence-electron chi connectivity index (χ0n) is 16.5. The number of nitrogens with zero attached hydrogens (tertiary/aromatic N) is 1. The molecule has 1 heterocycles. The summed E-state index contributed by atoms with van der Waals surface area (Å²) < 4.78 is 16.7. The van der Waals surface area contributed by atoms with Gasteiger partial charge in [0.2, 0.25) is 5.91 Å². The van der Waals surface area contributed by atoms with Crippen LogP contribution in [0.4, 0.5) is 0 Å². The number of carbonyl (C=O) groups excluding carboxylic acids is 1. The molecule has 1 fully saturated rings. The zero-order valence-corrected chi connectivity index (χ0v) is 16.5. The topological polar surface area (TPSA) is 48.0 Å². The number of rotatable bonds is 9. The van der Waals surface area contributed by atoms with Gasteiger partial charge in [-0.3, -0.25) is 4.79 Å². The van der Waals surface area contributed by atoms with E-state index in [4.69, 9.17) is 14.2 Å². The first-order valence-electron chi connectivity index (χ1n) is 9.97. The lowest BCUT2D eigenvalue weighted by Crippen LogP contribution is -2.41. The van der Waals surface area contributed by atoms with E-state index < -0.39 is 0 Å². The molecule has 2 aromatic carbocycles. The number of piperidine rings is 1. The van der Waals surface area contributed by atoms with Gasteiger partial charge in [0.05, 0.1) is 20.3 Å². The van der Waals surface area contributed by atoms with Crippen LogP contribution in [0.25, 0.3) is 0 Å². The Morgan fingerprint density at radius 2 is 1.71 bits per heavy atom. The Balaban J connectivity index is 1.35. The molecule has 3 rings (SSSR count). The van der Waals surface area contributed by atoms with Crippen molar-refractivity contribution in [2.24, 2.45) is 5.92 Å². The van der Waals surface area contributed by atoms with E-state index in [-0.39, 0.29) is 5.91 Å². The predicted molar refractivity (Wildman–Crippen MR) is 109 cm³/mol. The van der Waals surface area contributed by atoms with Gasteiger partial charge in [-0.2, -0.15) is 0 Å². The first-order chi connectivity index (χ1) is 13.7. The number of amides is 1. The smallest absolute Gasteiger partial charge is 0.222 e. The molecule has 1 aliphatic rings. The van der Waals surface area contributed by atoms with Crippen LogP contribution in [0.15, 0.2) is 54.6 Å². The van der Waals surface area contributed by atoms with E-state index in [2.05, 4.69) is 0 Å². The number of carbonyl (C=O) groups is 1. The molecular formula is C23H29NO4. The second-order valence-electron chi connectivity index (χ2n) is 7.10. The van der Waals surface area contributed by atoms with Gasteiger partial charge in [-0.1, -0.05) is 18.2 Å². The fraction of sp³-hybridized carbons (Fsp3) is 0.435. The van der Waals surface area contributed by atoms with Gasteiger partial charge < -0.3 is 19.1 Å². The number of likely N-dealkylation sites (tertiary alicyclic amines) is 1. The standard InChI is InChI=1S/C23H29NO4/c1-26-20-11-13-22(14-12-20)27-16-6-10-23(25)24-15-5-7-19(17-24)18-28-21-8-3-2-4-9-21/h2-4,8-9,11-14,19H,5-7,10,15-18H2,1H3. The van der Waals surface area contributed by atoms with Crippen molar-refractivity contribution in [1.82, 2.24) is 4.90 Å². The minimum atomic E-state index is 0.211. The van der Waals surface area contributed by atoms with E-state index in [1.54, 1.807) is 7.11 Å². The van der Waals surface area contributed by atoms with Gasteiger partial charge in [0, 0.05) is 25.4 Å². The lowest BCUT2D eigenvalue weighted by molar-refractivity contribution is -0.133. The van der Waals surface area contributed by atoms with E-state index in [1.807, 2.05) is 59.5 Å². The van der Waals surface area contributed by atoms with Crippen molar-refractivity contribution in [3.63, 3.8) is 0 Å². The SMILES string of the molecule is COc1ccc(OCCCC(=O)N2CCCC(COc3ccccc3)C2)cc1. The molecule has 0 aromatic heterocycles. The summed E-state index contributed by atoms with van der Waals surface area (Å²) in [5, 5.41) is 0. The Morgan fingerprint density at radius 3 is 2.46 bits per heavy atom. The van der Waals surface area contributed by atoms with Crippen LogP contribution in [-0.2, 0) is 4.79 Å². The van der Waals surface area contributed by atoms with E-state index in [1.165, 1.54) is 0 Å². The van der Waals surface area contributed by atoms with Gasteiger partial charge in [-0.25, -0.2) is 0 Å². The molecular weight excluding hydrogens is 354 g/mol. The van der Waals surface area contributed by atoms with Gasteiger partial charge in [0.15, 0.2) is 0 Å². The van der Waals surface area contributed by atoms with Crippen LogP contribution in [0.3, 0.4) is 0 Å². The molecule has 0 radical (unpaired) electrons. The van der Waals surface area contributed by atoms with Crippen molar-refractivity contribution in [2.45, 2.75) is 25.7 Å². The summed E-state index contributed by atoms with van der Waals surface area (Å²) in [6.45, 7) is 2.83. The fourth-order valence-electron chi connectivity index (χ4n) is 3.40. The average molecular weight is 383 g/mol. The van der Waals surface area contributed by atoms with Crippen LogP contribution < -0.4 is 14.2 Å². The van der Waals surface area contributed by atoms with Gasteiger partial charge in [0.25, 0.3) is 0 Å². The van der Waals surface area contributed by atoms with Crippen LogP contribution in [-0.4, -0.2) is 44.2 Å². The third-order valence-electron chi connectivity index (χ3n) is 4.96. The van der Waals surface area contributed by atoms with Crippen LogP contribution in [0.2, 0.25) is 0 Å². The Morgan fingerprint density at radius 1 is 1.00 bits per heavy atom. The number of benzene rings is 2. The van der Waals surface area contributed by atoms with Crippen LogP contribution in [0.5, 0.6) is 17.2 Å². The number of ether oxygens (including phenoxy) is 3. The maximum Gasteiger partial charge on any atom is 0.222 e. The molecule has 0 N–H and O–H groups in total. The quantitative estimate of drug-likeness (QED) is 0.610.